The third-order valence-electron chi connectivity index (χ3n) is 6.14. The van der Waals surface area contributed by atoms with Gasteiger partial charge in [0, 0.05) is 35.5 Å². The molecule has 1 aliphatic carbocycles. The van der Waals surface area contributed by atoms with Gasteiger partial charge in [-0.2, -0.15) is 0 Å². The Labute approximate surface area is 214 Å². The Morgan fingerprint density at radius 3 is 2.57 bits per heavy atom. The van der Waals surface area contributed by atoms with Crippen molar-refractivity contribution in [1.29, 1.82) is 0 Å². The van der Waals surface area contributed by atoms with Gasteiger partial charge in [0.1, 0.15) is 0 Å². The van der Waals surface area contributed by atoms with Crippen LogP contribution < -0.4 is 16.4 Å². The lowest BCUT2D eigenvalue weighted by atomic mass is 10.1. The Hall–Kier alpha value is -4.24. The van der Waals surface area contributed by atoms with Crippen molar-refractivity contribution in [1.82, 2.24) is 19.7 Å². The smallest absolute Gasteiger partial charge is 0.251 e. The van der Waals surface area contributed by atoms with Crippen LogP contribution in [0.1, 0.15) is 42.6 Å². The van der Waals surface area contributed by atoms with Crippen LogP contribution in [0, 0.1) is 0 Å². The molecule has 0 aliphatic heterocycles. The van der Waals surface area contributed by atoms with E-state index in [2.05, 4.69) is 15.6 Å². The molecule has 0 radical (unpaired) electrons. The number of carbonyl (C=O) groups is 2. The number of hydrogen-bond acceptors (Lipinski definition) is 6. The second-order valence-electron chi connectivity index (χ2n) is 10.1. The minimum Gasteiger partial charge on any atom is -0.389 e. The molecule has 2 heterocycles. The topological polar surface area (TPSA) is 135 Å². The highest BCUT2D eigenvalue weighted by molar-refractivity contribution is 5.95. The fourth-order valence-corrected chi connectivity index (χ4v) is 4.09. The largest absolute Gasteiger partial charge is 0.389 e. The van der Waals surface area contributed by atoms with Crippen molar-refractivity contribution in [2.24, 2.45) is 5.73 Å². The van der Waals surface area contributed by atoms with Crippen molar-refractivity contribution in [2.75, 3.05) is 11.9 Å². The zero-order valence-electron chi connectivity index (χ0n) is 20.9. The van der Waals surface area contributed by atoms with Gasteiger partial charge in [0.05, 0.1) is 29.6 Å². The number of aromatic nitrogens is 3. The number of fused-ring (bicyclic) bond motifs is 1. The maximum absolute atomic E-state index is 12.4. The van der Waals surface area contributed by atoms with Crippen molar-refractivity contribution in [3.63, 3.8) is 0 Å². The molecule has 0 saturated heterocycles. The van der Waals surface area contributed by atoms with Gasteiger partial charge in [-0.3, -0.25) is 14.0 Å². The molecule has 4 aromatic rings. The summed E-state index contributed by atoms with van der Waals surface area (Å²) < 4.78 is 1.94. The summed E-state index contributed by atoms with van der Waals surface area (Å²) in [6, 6.07) is 15.3. The van der Waals surface area contributed by atoms with E-state index in [4.69, 9.17) is 10.7 Å². The van der Waals surface area contributed by atoms with Crippen LogP contribution in [0.15, 0.2) is 60.9 Å². The quantitative estimate of drug-likeness (QED) is 0.280. The van der Waals surface area contributed by atoms with E-state index >= 15 is 0 Å². The summed E-state index contributed by atoms with van der Waals surface area (Å²) in [6.07, 6.45) is 5.87. The highest BCUT2D eigenvalue weighted by atomic mass is 16.3. The monoisotopic (exact) mass is 498 g/mol. The van der Waals surface area contributed by atoms with Crippen LogP contribution in [0.4, 0.5) is 5.82 Å². The van der Waals surface area contributed by atoms with E-state index in [9.17, 15) is 14.7 Å². The first-order valence-electron chi connectivity index (χ1n) is 12.3. The van der Waals surface area contributed by atoms with Crippen LogP contribution in [-0.2, 0) is 11.2 Å². The average Bonchev–Trinajstić information content (AvgIpc) is 3.56. The summed E-state index contributed by atoms with van der Waals surface area (Å²) in [5, 5.41) is 16.5. The molecule has 0 spiro atoms. The van der Waals surface area contributed by atoms with Crippen molar-refractivity contribution in [3.05, 3.63) is 72.1 Å². The third kappa shape index (κ3) is 5.78. The van der Waals surface area contributed by atoms with Crippen LogP contribution in [0.5, 0.6) is 0 Å². The molecule has 2 amide bonds. The minimum absolute atomic E-state index is 0.0624. The molecule has 9 nitrogen and oxygen atoms in total. The van der Waals surface area contributed by atoms with E-state index in [0.29, 0.717) is 28.8 Å². The van der Waals surface area contributed by atoms with Gasteiger partial charge in [-0.15, -0.1) is 0 Å². The highest BCUT2D eigenvalue weighted by Crippen LogP contribution is 2.29. The lowest BCUT2D eigenvalue weighted by Crippen LogP contribution is -2.29. The summed E-state index contributed by atoms with van der Waals surface area (Å²) in [6.45, 7) is 3.70. The molecule has 5 rings (SSSR count). The Morgan fingerprint density at radius 2 is 1.89 bits per heavy atom. The summed E-state index contributed by atoms with van der Waals surface area (Å²) in [7, 11) is 0. The molecule has 0 unspecified atom stereocenters. The van der Waals surface area contributed by atoms with Crippen LogP contribution in [0.25, 0.3) is 28.2 Å². The zero-order valence-corrected chi connectivity index (χ0v) is 20.9. The molecule has 37 heavy (non-hydrogen) atoms. The molecule has 1 saturated carbocycles. The Balaban J connectivity index is 1.55. The number of aliphatic hydroxyl groups is 1. The van der Waals surface area contributed by atoms with E-state index < -0.39 is 11.5 Å². The van der Waals surface area contributed by atoms with Crippen molar-refractivity contribution < 1.29 is 14.7 Å². The molecule has 2 aromatic heterocycles. The second-order valence-corrected chi connectivity index (χ2v) is 10.1. The molecule has 9 heteroatoms. The normalized spacial score (nSPS) is 13.5. The fraction of sp³-hybridized carbons (Fsp3) is 0.286. The number of imidazole rings is 1. The molecule has 1 aliphatic rings. The van der Waals surface area contributed by atoms with Gasteiger partial charge in [-0.1, -0.05) is 30.3 Å². The zero-order chi connectivity index (χ0) is 26.2. The number of carbonyl (C=O) groups excluding carboxylic acids is 2. The number of primary amides is 1. The molecular weight excluding hydrogens is 468 g/mol. The standard InChI is InChI=1S/C28H30N6O3/c1-28(2,37)16-31-25-26-30-14-23(18-6-8-19(9-7-18)27(36)32-21-10-11-21)34(26)15-22(33-25)20-5-3-4-17(12-20)13-24(29)35/h3-9,12,14-15,21,37H,10-11,13,16H2,1-2H3,(H2,29,35)(H,31,33)(H,32,36). The summed E-state index contributed by atoms with van der Waals surface area (Å²) in [5.74, 6) is 0.0542. The molecule has 0 atom stereocenters. The van der Waals surface area contributed by atoms with Gasteiger partial charge >= 0.3 is 0 Å². The molecule has 0 bridgehead atoms. The highest BCUT2D eigenvalue weighted by Gasteiger charge is 2.24. The molecule has 190 valence electrons. The Kier molecular flexibility index (Phi) is 6.39. The Bertz CT molecular complexity index is 1470. The number of hydrogen-bond donors (Lipinski definition) is 4. The van der Waals surface area contributed by atoms with Crippen LogP contribution in [0.3, 0.4) is 0 Å². The number of nitrogens with two attached hydrogens (primary N) is 1. The first-order valence-corrected chi connectivity index (χ1v) is 12.3. The van der Waals surface area contributed by atoms with Crippen molar-refractivity contribution in [3.8, 4) is 22.5 Å². The van der Waals surface area contributed by atoms with Crippen LogP contribution in [-0.4, -0.2) is 49.5 Å². The number of nitrogens with zero attached hydrogens (tertiary/aromatic N) is 3. The predicted molar refractivity (Wildman–Crippen MR) is 142 cm³/mol. The SMILES string of the molecule is CC(C)(O)CNc1nc(-c2cccc(CC(N)=O)c2)cn2c(-c3ccc(C(=O)NC4CC4)cc3)cnc12. The van der Waals surface area contributed by atoms with E-state index in [-0.39, 0.29) is 18.9 Å². The summed E-state index contributed by atoms with van der Waals surface area (Å²) in [4.78, 5) is 33.3. The number of amides is 2. The second kappa shape index (κ2) is 9.67. The van der Waals surface area contributed by atoms with Crippen molar-refractivity contribution >= 4 is 23.3 Å². The van der Waals surface area contributed by atoms with Gasteiger partial charge in [0.15, 0.2) is 11.5 Å². The fourth-order valence-electron chi connectivity index (χ4n) is 4.09. The first kappa shape index (κ1) is 24.5. The van der Waals surface area contributed by atoms with Gasteiger partial charge in [-0.25, -0.2) is 9.97 Å². The van der Waals surface area contributed by atoms with Crippen LogP contribution in [0.2, 0.25) is 0 Å². The van der Waals surface area contributed by atoms with Gasteiger partial charge in [-0.05, 0) is 50.5 Å². The lowest BCUT2D eigenvalue weighted by Gasteiger charge is -2.19. The molecular formula is C28H30N6O3. The predicted octanol–water partition coefficient (Wildman–Crippen LogP) is 3.17. The van der Waals surface area contributed by atoms with Gasteiger partial charge < -0.3 is 21.5 Å². The van der Waals surface area contributed by atoms with E-state index in [1.165, 1.54) is 0 Å². The number of nitrogens with one attached hydrogen (secondary N) is 2. The maximum Gasteiger partial charge on any atom is 0.251 e. The average molecular weight is 499 g/mol. The number of anilines is 1. The summed E-state index contributed by atoms with van der Waals surface area (Å²) in [5.41, 5.74) is 9.65. The molecule has 1 fully saturated rings. The first-order chi connectivity index (χ1) is 17.7. The van der Waals surface area contributed by atoms with Crippen molar-refractivity contribution in [2.45, 2.75) is 44.8 Å². The maximum atomic E-state index is 12.4. The van der Waals surface area contributed by atoms with Gasteiger partial charge in [0.2, 0.25) is 5.91 Å². The van der Waals surface area contributed by atoms with E-state index in [0.717, 1.165) is 35.2 Å². The van der Waals surface area contributed by atoms with E-state index in [1.807, 2.05) is 59.1 Å². The Morgan fingerprint density at radius 1 is 1.14 bits per heavy atom. The minimum atomic E-state index is -0.956. The molecule has 5 N–H and O–H groups in total. The third-order valence-corrected chi connectivity index (χ3v) is 6.14. The summed E-state index contributed by atoms with van der Waals surface area (Å²) >= 11 is 0. The number of rotatable bonds is 9. The van der Waals surface area contributed by atoms with Crippen LogP contribution >= 0.6 is 0 Å². The lowest BCUT2D eigenvalue weighted by molar-refractivity contribution is -0.117. The molecule has 2 aromatic carbocycles. The number of benzene rings is 2. The van der Waals surface area contributed by atoms with E-state index in [1.54, 1.807) is 20.0 Å². The van der Waals surface area contributed by atoms with Gasteiger partial charge in [0.25, 0.3) is 5.91 Å².